The summed E-state index contributed by atoms with van der Waals surface area (Å²) in [5.74, 6) is -0.471. The summed E-state index contributed by atoms with van der Waals surface area (Å²) in [4.78, 5) is 12.8. The largest absolute Gasteiger partial charge is 0.416 e. The molecule has 1 aromatic heterocycles. The molecule has 162 valence electrons. The van der Waals surface area contributed by atoms with Gasteiger partial charge < -0.3 is 10.6 Å². The van der Waals surface area contributed by atoms with Crippen LogP contribution in [0.4, 0.5) is 30.2 Å². The number of nitrogens with zero attached hydrogens (tertiary/aromatic N) is 2. The number of rotatable bonds is 5. The molecule has 4 rings (SSSR count). The number of amides is 1. The van der Waals surface area contributed by atoms with Crippen LogP contribution in [0.2, 0.25) is 0 Å². The lowest BCUT2D eigenvalue weighted by Gasteiger charge is -2.12. The number of para-hydroxylation sites is 3. The van der Waals surface area contributed by atoms with Crippen LogP contribution in [0.1, 0.15) is 21.7 Å². The standard InChI is InChI=1S/C24H19F3N4O/c1-16-14-22(30-31(16)19-11-7-8-17(15-19)24(25,26)27)23(32)29-21-13-6-5-12-20(21)28-18-9-3-2-4-10-18/h2-15,28H,1H3,(H,29,32). The van der Waals surface area contributed by atoms with E-state index in [9.17, 15) is 18.0 Å². The molecule has 32 heavy (non-hydrogen) atoms. The number of hydrogen-bond acceptors (Lipinski definition) is 3. The van der Waals surface area contributed by atoms with Crippen LogP contribution < -0.4 is 10.6 Å². The Morgan fingerprint density at radius 1 is 0.875 bits per heavy atom. The summed E-state index contributed by atoms with van der Waals surface area (Å²) in [5, 5.41) is 10.3. The van der Waals surface area contributed by atoms with E-state index in [2.05, 4.69) is 15.7 Å². The zero-order valence-corrected chi connectivity index (χ0v) is 17.0. The highest BCUT2D eigenvalue weighted by Crippen LogP contribution is 2.30. The van der Waals surface area contributed by atoms with Gasteiger partial charge in [0.1, 0.15) is 0 Å². The lowest BCUT2D eigenvalue weighted by atomic mass is 10.2. The number of halogens is 3. The Kier molecular flexibility index (Phi) is 5.68. The molecular weight excluding hydrogens is 417 g/mol. The van der Waals surface area contributed by atoms with Crippen LogP contribution >= 0.6 is 0 Å². The molecule has 3 aromatic carbocycles. The Hall–Kier alpha value is -4.07. The van der Waals surface area contributed by atoms with E-state index >= 15 is 0 Å². The molecule has 2 N–H and O–H groups in total. The van der Waals surface area contributed by atoms with Gasteiger partial charge in [-0.1, -0.05) is 36.4 Å². The first-order valence-electron chi connectivity index (χ1n) is 9.78. The monoisotopic (exact) mass is 436 g/mol. The highest BCUT2D eigenvalue weighted by atomic mass is 19.4. The Morgan fingerprint density at radius 3 is 2.28 bits per heavy atom. The number of aryl methyl sites for hydroxylation is 1. The normalized spacial score (nSPS) is 11.2. The van der Waals surface area contributed by atoms with E-state index in [4.69, 9.17) is 0 Å². The third kappa shape index (κ3) is 4.64. The fourth-order valence-corrected chi connectivity index (χ4v) is 3.23. The maximum absolute atomic E-state index is 13.1. The summed E-state index contributed by atoms with van der Waals surface area (Å²) >= 11 is 0. The number of aromatic nitrogens is 2. The van der Waals surface area contributed by atoms with Gasteiger partial charge in [0.05, 0.1) is 22.6 Å². The van der Waals surface area contributed by atoms with Gasteiger partial charge in [-0.15, -0.1) is 0 Å². The van der Waals surface area contributed by atoms with Crippen molar-refractivity contribution in [1.29, 1.82) is 0 Å². The summed E-state index contributed by atoms with van der Waals surface area (Å²) in [6.07, 6.45) is -4.47. The Balaban J connectivity index is 1.58. The van der Waals surface area contributed by atoms with E-state index in [1.807, 2.05) is 42.5 Å². The van der Waals surface area contributed by atoms with Crippen molar-refractivity contribution in [3.05, 3.63) is 102 Å². The third-order valence-corrected chi connectivity index (χ3v) is 4.77. The maximum atomic E-state index is 13.1. The predicted molar refractivity (Wildman–Crippen MR) is 117 cm³/mol. The van der Waals surface area contributed by atoms with Crippen LogP contribution in [0, 0.1) is 6.92 Å². The van der Waals surface area contributed by atoms with Gasteiger partial charge in [-0.05, 0) is 55.5 Å². The van der Waals surface area contributed by atoms with Crippen LogP contribution in [0.3, 0.4) is 0 Å². The molecule has 0 fully saturated rings. The lowest BCUT2D eigenvalue weighted by molar-refractivity contribution is -0.137. The second kappa shape index (κ2) is 8.58. The molecule has 0 bridgehead atoms. The second-order valence-electron chi connectivity index (χ2n) is 7.12. The van der Waals surface area contributed by atoms with Gasteiger partial charge in [-0.2, -0.15) is 18.3 Å². The summed E-state index contributed by atoms with van der Waals surface area (Å²) in [6.45, 7) is 1.68. The van der Waals surface area contributed by atoms with Crippen molar-refractivity contribution in [2.24, 2.45) is 0 Å². The molecule has 0 saturated carbocycles. The van der Waals surface area contributed by atoms with E-state index in [1.165, 1.54) is 22.9 Å². The zero-order chi connectivity index (χ0) is 22.7. The molecule has 0 unspecified atom stereocenters. The van der Waals surface area contributed by atoms with Gasteiger partial charge in [0, 0.05) is 11.4 Å². The summed E-state index contributed by atoms with van der Waals surface area (Å²) in [7, 11) is 0. The van der Waals surface area contributed by atoms with Crippen LogP contribution in [-0.4, -0.2) is 15.7 Å². The quantitative estimate of drug-likeness (QED) is 0.392. The molecule has 0 aliphatic heterocycles. The van der Waals surface area contributed by atoms with Crippen molar-refractivity contribution >= 4 is 23.0 Å². The first kappa shape index (κ1) is 21.2. The molecule has 1 amide bonds. The van der Waals surface area contributed by atoms with E-state index in [0.717, 1.165) is 17.8 Å². The topological polar surface area (TPSA) is 59.0 Å². The van der Waals surface area contributed by atoms with Gasteiger partial charge in [-0.25, -0.2) is 4.68 Å². The SMILES string of the molecule is Cc1cc(C(=O)Nc2ccccc2Nc2ccccc2)nn1-c1cccc(C(F)(F)F)c1. The fraction of sp³-hybridized carbons (Fsp3) is 0.0833. The van der Waals surface area contributed by atoms with E-state index in [0.29, 0.717) is 17.1 Å². The first-order chi connectivity index (χ1) is 15.3. The first-order valence-corrected chi connectivity index (χ1v) is 9.78. The molecule has 0 atom stereocenters. The molecule has 0 spiro atoms. The minimum atomic E-state index is -4.47. The van der Waals surface area contributed by atoms with Crippen molar-refractivity contribution in [2.45, 2.75) is 13.1 Å². The van der Waals surface area contributed by atoms with Gasteiger partial charge in [0.25, 0.3) is 5.91 Å². The third-order valence-electron chi connectivity index (χ3n) is 4.77. The number of nitrogens with one attached hydrogen (secondary N) is 2. The van der Waals surface area contributed by atoms with Gasteiger partial charge in [0.15, 0.2) is 5.69 Å². The molecule has 0 saturated heterocycles. The molecular formula is C24H19F3N4O. The Labute approximate surface area is 182 Å². The number of carbonyl (C=O) groups is 1. The average molecular weight is 436 g/mol. The average Bonchev–Trinajstić information content (AvgIpc) is 3.17. The molecule has 8 heteroatoms. The molecule has 5 nitrogen and oxygen atoms in total. The van der Waals surface area contributed by atoms with E-state index < -0.39 is 17.6 Å². The van der Waals surface area contributed by atoms with Crippen LogP contribution in [0.15, 0.2) is 84.9 Å². The molecule has 1 heterocycles. The summed E-state index contributed by atoms with van der Waals surface area (Å²) in [5.41, 5.74) is 2.17. The van der Waals surface area contributed by atoms with Crippen molar-refractivity contribution in [1.82, 2.24) is 9.78 Å². The number of benzene rings is 3. The van der Waals surface area contributed by atoms with Crippen molar-refractivity contribution in [2.75, 3.05) is 10.6 Å². The van der Waals surface area contributed by atoms with Crippen LogP contribution in [0.25, 0.3) is 5.69 Å². The number of anilines is 3. The second-order valence-corrected chi connectivity index (χ2v) is 7.12. The van der Waals surface area contributed by atoms with Crippen LogP contribution in [-0.2, 0) is 6.18 Å². The maximum Gasteiger partial charge on any atom is 0.416 e. The molecule has 4 aromatic rings. The number of carbonyl (C=O) groups excluding carboxylic acids is 1. The smallest absolute Gasteiger partial charge is 0.354 e. The Morgan fingerprint density at radius 2 is 1.56 bits per heavy atom. The van der Waals surface area contributed by atoms with E-state index in [1.54, 1.807) is 19.1 Å². The summed E-state index contributed by atoms with van der Waals surface area (Å²) < 4.78 is 40.5. The zero-order valence-electron chi connectivity index (χ0n) is 17.0. The molecule has 0 aliphatic rings. The summed E-state index contributed by atoms with van der Waals surface area (Å²) in [6, 6.07) is 23.1. The minimum absolute atomic E-state index is 0.0921. The van der Waals surface area contributed by atoms with E-state index in [-0.39, 0.29) is 11.4 Å². The van der Waals surface area contributed by atoms with Crippen molar-refractivity contribution in [3.63, 3.8) is 0 Å². The van der Waals surface area contributed by atoms with Gasteiger partial charge in [0.2, 0.25) is 0 Å². The van der Waals surface area contributed by atoms with Crippen molar-refractivity contribution in [3.8, 4) is 5.69 Å². The van der Waals surface area contributed by atoms with Gasteiger partial charge >= 0.3 is 6.18 Å². The number of alkyl halides is 3. The molecule has 0 aliphatic carbocycles. The van der Waals surface area contributed by atoms with Crippen LogP contribution in [0.5, 0.6) is 0 Å². The minimum Gasteiger partial charge on any atom is -0.354 e. The number of hydrogen-bond donors (Lipinski definition) is 2. The van der Waals surface area contributed by atoms with Gasteiger partial charge in [-0.3, -0.25) is 4.79 Å². The predicted octanol–water partition coefficient (Wildman–Crippen LogP) is 6.20. The highest BCUT2D eigenvalue weighted by molar-refractivity contribution is 6.05. The van der Waals surface area contributed by atoms with Crippen molar-refractivity contribution < 1.29 is 18.0 Å². The highest BCUT2D eigenvalue weighted by Gasteiger charge is 2.30. The Bertz CT molecular complexity index is 1250. The fourth-order valence-electron chi connectivity index (χ4n) is 3.23. The lowest BCUT2D eigenvalue weighted by Crippen LogP contribution is -2.14. The molecule has 0 radical (unpaired) electrons.